The first-order chi connectivity index (χ1) is 16.0. The molecule has 0 unspecified atom stereocenters. The minimum Gasteiger partial charge on any atom is -0.469 e. The quantitative estimate of drug-likeness (QED) is 0.397. The highest BCUT2D eigenvalue weighted by molar-refractivity contribution is 5.92. The lowest BCUT2D eigenvalue weighted by Gasteiger charge is -2.35. The van der Waals surface area contributed by atoms with Gasteiger partial charge in [-0.1, -0.05) is 60.2 Å². The fourth-order valence-corrected chi connectivity index (χ4v) is 5.32. The molecule has 1 aliphatic carbocycles. The van der Waals surface area contributed by atoms with E-state index in [2.05, 4.69) is 29.8 Å². The lowest BCUT2D eigenvalue weighted by atomic mass is 9.72. The lowest BCUT2D eigenvalue weighted by molar-refractivity contribution is -0.143. The van der Waals surface area contributed by atoms with Gasteiger partial charge in [-0.05, 0) is 42.9 Å². The number of ether oxygens (including phenoxy) is 1. The molecule has 5 heteroatoms. The van der Waals surface area contributed by atoms with Crippen LogP contribution in [0.2, 0.25) is 0 Å². The van der Waals surface area contributed by atoms with E-state index in [1.807, 2.05) is 54.3 Å². The van der Waals surface area contributed by atoms with Gasteiger partial charge in [-0.25, -0.2) is 0 Å². The van der Waals surface area contributed by atoms with Gasteiger partial charge in [-0.15, -0.1) is 0 Å². The largest absolute Gasteiger partial charge is 0.469 e. The Hall–Kier alpha value is -3.34. The van der Waals surface area contributed by atoms with Crippen LogP contribution >= 0.6 is 0 Å². The Kier molecular flexibility index (Phi) is 6.68. The molecule has 1 aliphatic rings. The summed E-state index contributed by atoms with van der Waals surface area (Å²) < 4.78 is 7.53. The second kappa shape index (κ2) is 9.65. The van der Waals surface area contributed by atoms with Crippen LogP contribution < -0.4 is 0 Å². The minimum atomic E-state index is -0.387. The van der Waals surface area contributed by atoms with Crippen LogP contribution in [0.15, 0.2) is 66.2 Å². The Bertz CT molecular complexity index is 1190. The number of amides is 1. The second-order valence-electron chi connectivity index (χ2n) is 8.81. The van der Waals surface area contributed by atoms with Crippen LogP contribution in [-0.2, 0) is 34.3 Å². The van der Waals surface area contributed by atoms with E-state index in [-0.39, 0.29) is 23.7 Å². The molecule has 1 heterocycles. The first-order valence-corrected chi connectivity index (χ1v) is 11.5. The van der Waals surface area contributed by atoms with Crippen LogP contribution in [0.1, 0.15) is 43.0 Å². The van der Waals surface area contributed by atoms with Crippen LogP contribution in [0, 0.1) is 5.92 Å². The van der Waals surface area contributed by atoms with Crippen molar-refractivity contribution in [3.8, 4) is 0 Å². The Labute approximate surface area is 195 Å². The maximum atomic E-state index is 13.2. The maximum absolute atomic E-state index is 13.2. The van der Waals surface area contributed by atoms with Gasteiger partial charge < -0.3 is 14.2 Å². The van der Waals surface area contributed by atoms with Crippen molar-refractivity contribution in [2.45, 2.75) is 39.2 Å². The highest BCUT2D eigenvalue weighted by atomic mass is 16.5. The van der Waals surface area contributed by atoms with E-state index in [9.17, 15) is 9.59 Å². The topological polar surface area (TPSA) is 51.5 Å². The molecule has 0 saturated heterocycles. The summed E-state index contributed by atoms with van der Waals surface area (Å²) in [6.45, 7) is 4.66. The summed E-state index contributed by atoms with van der Waals surface area (Å²) in [7, 11) is 3.54. The normalized spacial score (nSPS) is 18.1. The number of allylic oxidation sites excluding steroid dienone is 1. The molecule has 0 bridgehead atoms. The molecule has 0 spiro atoms. The molecule has 0 N–H and O–H groups in total. The highest BCUT2D eigenvalue weighted by Gasteiger charge is 2.40. The number of hydrogen-bond acceptors (Lipinski definition) is 3. The first-order valence-electron chi connectivity index (χ1n) is 11.5. The molecular formula is C28H32N2O3. The Morgan fingerprint density at radius 1 is 1.12 bits per heavy atom. The molecule has 33 heavy (non-hydrogen) atoms. The maximum Gasteiger partial charge on any atom is 0.313 e. The van der Waals surface area contributed by atoms with Crippen molar-refractivity contribution in [2.24, 2.45) is 13.0 Å². The fraction of sp³-hybridized carbons (Fsp3) is 0.357. The molecular weight excluding hydrogens is 412 g/mol. The third kappa shape index (κ3) is 4.32. The molecule has 0 aliphatic heterocycles. The van der Waals surface area contributed by atoms with Gasteiger partial charge in [0.15, 0.2) is 0 Å². The molecule has 2 aromatic carbocycles. The van der Waals surface area contributed by atoms with Gasteiger partial charge in [0, 0.05) is 43.7 Å². The number of aryl methyl sites for hydroxylation is 1. The van der Waals surface area contributed by atoms with E-state index in [0.717, 1.165) is 40.4 Å². The van der Waals surface area contributed by atoms with Crippen LogP contribution in [0.25, 0.3) is 10.9 Å². The zero-order chi connectivity index (χ0) is 23.5. The molecule has 0 radical (unpaired) electrons. The number of aromatic nitrogens is 1. The summed E-state index contributed by atoms with van der Waals surface area (Å²) in [6.07, 6.45) is 3.81. The molecule has 2 atom stereocenters. The van der Waals surface area contributed by atoms with Crippen molar-refractivity contribution in [1.82, 2.24) is 9.47 Å². The zero-order valence-electron chi connectivity index (χ0n) is 19.9. The third-order valence-electron chi connectivity index (χ3n) is 7.01. The smallest absolute Gasteiger partial charge is 0.313 e. The van der Waals surface area contributed by atoms with Crippen LogP contribution in [-0.4, -0.2) is 35.0 Å². The number of rotatable bonds is 6. The van der Waals surface area contributed by atoms with Crippen molar-refractivity contribution in [3.05, 3.63) is 83.1 Å². The predicted octanol–water partition coefficient (Wildman–Crippen LogP) is 4.99. The number of carbonyl (C=O) groups excluding carboxylic acids is 2. The number of nitrogens with zero attached hydrogens (tertiary/aromatic N) is 2. The van der Waals surface area contributed by atoms with Crippen molar-refractivity contribution >= 4 is 22.8 Å². The molecule has 3 aromatic rings. The number of esters is 1. The molecule has 172 valence electrons. The Morgan fingerprint density at radius 2 is 1.82 bits per heavy atom. The van der Waals surface area contributed by atoms with Crippen molar-refractivity contribution < 1.29 is 14.3 Å². The van der Waals surface area contributed by atoms with Gasteiger partial charge >= 0.3 is 5.97 Å². The zero-order valence-corrected chi connectivity index (χ0v) is 19.9. The van der Waals surface area contributed by atoms with E-state index < -0.39 is 0 Å². The van der Waals surface area contributed by atoms with Gasteiger partial charge in [0.05, 0.1) is 13.0 Å². The van der Waals surface area contributed by atoms with E-state index in [1.165, 1.54) is 12.8 Å². The number of benzene rings is 2. The number of carbonyl (C=O) groups is 2. The van der Waals surface area contributed by atoms with Gasteiger partial charge in [-0.2, -0.15) is 0 Å². The van der Waals surface area contributed by atoms with E-state index in [1.54, 1.807) is 6.92 Å². The minimum absolute atomic E-state index is 0.0154. The van der Waals surface area contributed by atoms with E-state index >= 15 is 0 Å². The predicted molar refractivity (Wildman–Crippen MR) is 131 cm³/mol. The summed E-state index contributed by atoms with van der Waals surface area (Å²) in [6, 6.07) is 18.3. The molecule has 1 amide bonds. The third-order valence-corrected chi connectivity index (χ3v) is 7.01. The van der Waals surface area contributed by atoms with Crippen molar-refractivity contribution in [3.63, 3.8) is 0 Å². The van der Waals surface area contributed by atoms with Crippen LogP contribution in [0.4, 0.5) is 0 Å². The Balaban J connectivity index is 1.71. The Morgan fingerprint density at radius 3 is 2.48 bits per heavy atom. The second-order valence-corrected chi connectivity index (χ2v) is 8.81. The lowest BCUT2D eigenvalue weighted by Crippen LogP contribution is -2.36. The van der Waals surface area contributed by atoms with Gasteiger partial charge in [0.1, 0.15) is 0 Å². The first kappa shape index (κ1) is 22.8. The summed E-state index contributed by atoms with van der Waals surface area (Å²) >= 11 is 0. The van der Waals surface area contributed by atoms with Crippen LogP contribution in [0.3, 0.4) is 0 Å². The summed E-state index contributed by atoms with van der Waals surface area (Å²) in [5.74, 6) is -0.594. The number of fused-ring (bicyclic) bond motifs is 3. The number of hydrogen-bond donors (Lipinski definition) is 0. The number of para-hydroxylation sites is 1. The van der Waals surface area contributed by atoms with E-state index in [4.69, 9.17) is 4.74 Å². The standard InChI is InChI=1S/C28H32N2O3/c1-5-21(18-30(19(2)31)17-20-11-7-6-8-12-20)22-15-16-25-26(27(22)28(32)33-4)23-13-9-10-14-24(23)29(25)3/h5-14,22,27H,15-18H2,1-4H3/b21-5-/t22-,27-/m0/s1. The van der Waals surface area contributed by atoms with Gasteiger partial charge in [0.25, 0.3) is 0 Å². The van der Waals surface area contributed by atoms with Crippen LogP contribution in [0.5, 0.6) is 0 Å². The summed E-state index contributed by atoms with van der Waals surface area (Å²) in [5, 5.41) is 1.11. The molecule has 0 fully saturated rings. The highest BCUT2D eigenvalue weighted by Crippen LogP contribution is 2.45. The van der Waals surface area contributed by atoms with Gasteiger partial charge in [0.2, 0.25) is 5.91 Å². The molecule has 1 aromatic heterocycles. The summed E-state index contributed by atoms with van der Waals surface area (Å²) in [5.41, 5.74) is 5.61. The SMILES string of the molecule is C/C=C(/CN(Cc1ccccc1)C(C)=O)[C@@H]1CCc2c(c3ccccc3n2C)[C@H]1C(=O)OC. The average Bonchev–Trinajstić information content (AvgIpc) is 3.13. The average molecular weight is 445 g/mol. The monoisotopic (exact) mass is 444 g/mol. The van der Waals surface area contributed by atoms with E-state index in [0.29, 0.717) is 13.1 Å². The fourth-order valence-electron chi connectivity index (χ4n) is 5.32. The summed E-state index contributed by atoms with van der Waals surface area (Å²) in [4.78, 5) is 27.6. The van der Waals surface area contributed by atoms with Crippen molar-refractivity contribution in [1.29, 1.82) is 0 Å². The van der Waals surface area contributed by atoms with Gasteiger partial charge in [-0.3, -0.25) is 9.59 Å². The molecule has 0 saturated carbocycles. The molecule has 4 rings (SSSR count). The van der Waals surface area contributed by atoms with Crippen molar-refractivity contribution in [2.75, 3.05) is 13.7 Å². The number of methoxy groups -OCH3 is 1. The molecule has 5 nitrogen and oxygen atoms in total.